The molecule has 0 aromatic rings. The Morgan fingerprint density at radius 1 is 1.50 bits per heavy atom. The maximum absolute atomic E-state index is 11.8. The van der Waals surface area contributed by atoms with E-state index in [0.29, 0.717) is 13.2 Å². The van der Waals surface area contributed by atoms with E-state index < -0.39 is 11.7 Å². The van der Waals surface area contributed by atoms with Crippen LogP contribution in [-0.4, -0.2) is 48.7 Å². The van der Waals surface area contributed by atoms with Crippen molar-refractivity contribution in [2.24, 2.45) is 0 Å². The Morgan fingerprint density at radius 2 is 2.19 bits per heavy atom. The summed E-state index contributed by atoms with van der Waals surface area (Å²) >= 11 is 0. The molecular weight excluding hydrogens is 210 g/mol. The van der Waals surface area contributed by atoms with Crippen molar-refractivity contribution in [2.75, 3.05) is 19.7 Å². The first-order valence-corrected chi connectivity index (χ1v) is 5.47. The highest BCUT2D eigenvalue weighted by Gasteiger charge is 2.26. The number of hydrogen-bond acceptors (Lipinski definition) is 4. The van der Waals surface area contributed by atoms with Crippen molar-refractivity contribution >= 4 is 12.4 Å². The predicted molar refractivity (Wildman–Crippen MR) is 58.2 cm³/mol. The third-order valence-electron chi connectivity index (χ3n) is 2.11. The standard InChI is InChI=1S/C11H19NO4/c1-11(2,3)16-10(14)12-5-4-6-15-9(7-12)8-13/h8-9H,4-7H2,1-3H3. The van der Waals surface area contributed by atoms with Crippen LogP contribution in [-0.2, 0) is 14.3 Å². The van der Waals surface area contributed by atoms with Gasteiger partial charge in [0.2, 0.25) is 0 Å². The third kappa shape index (κ3) is 4.18. The zero-order valence-electron chi connectivity index (χ0n) is 10.1. The fourth-order valence-electron chi connectivity index (χ4n) is 1.43. The number of rotatable bonds is 1. The predicted octanol–water partition coefficient (Wildman–Crippen LogP) is 1.21. The van der Waals surface area contributed by atoms with Gasteiger partial charge in [0.05, 0.1) is 6.54 Å². The van der Waals surface area contributed by atoms with Gasteiger partial charge in [0.15, 0.2) is 6.29 Å². The van der Waals surface area contributed by atoms with Gasteiger partial charge in [-0.1, -0.05) is 0 Å². The molecule has 16 heavy (non-hydrogen) atoms. The van der Waals surface area contributed by atoms with Crippen molar-refractivity contribution in [2.45, 2.75) is 38.9 Å². The molecule has 1 saturated heterocycles. The van der Waals surface area contributed by atoms with E-state index in [9.17, 15) is 9.59 Å². The smallest absolute Gasteiger partial charge is 0.410 e. The minimum atomic E-state index is -0.532. The average molecular weight is 229 g/mol. The highest BCUT2D eigenvalue weighted by molar-refractivity contribution is 5.69. The number of amides is 1. The quantitative estimate of drug-likeness (QED) is 0.634. The van der Waals surface area contributed by atoms with Crippen LogP contribution >= 0.6 is 0 Å². The van der Waals surface area contributed by atoms with Crippen molar-refractivity contribution in [3.8, 4) is 0 Å². The summed E-state index contributed by atoms with van der Waals surface area (Å²) in [7, 11) is 0. The monoisotopic (exact) mass is 229 g/mol. The Morgan fingerprint density at radius 3 is 2.75 bits per heavy atom. The second kappa shape index (κ2) is 5.30. The lowest BCUT2D eigenvalue weighted by Gasteiger charge is -2.26. The average Bonchev–Trinajstić information content (AvgIpc) is 2.39. The minimum absolute atomic E-state index is 0.276. The molecule has 0 spiro atoms. The molecule has 1 aliphatic heterocycles. The van der Waals surface area contributed by atoms with E-state index in [1.807, 2.05) is 20.8 Å². The molecule has 0 bridgehead atoms. The van der Waals surface area contributed by atoms with Crippen LogP contribution in [0.5, 0.6) is 0 Å². The van der Waals surface area contributed by atoms with Crippen LogP contribution in [0.1, 0.15) is 27.2 Å². The first-order valence-electron chi connectivity index (χ1n) is 5.47. The highest BCUT2D eigenvalue weighted by Crippen LogP contribution is 2.12. The largest absolute Gasteiger partial charge is 0.444 e. The van der Waals surface area contributed by atoms with E-state index in [4.69, 9.17) is 9.47 Å². The van der Waals surface area contributed by atoms with E-state index in [-0.39, 0.29) is 12.6 Å². The number of nitrogens with zero attached hydrogens (tertiary/aromatic N) is 1. The molecule has 1 heterocycles. The van der Waals surface area contributed by atoms with Crippen LogP contribution in [0.3, 0.4) is 0 Å². The summed E-state index contributed by atoms with van der Waals surface area (Å²) < 4.78 is 10.5. The van der Waals surface area contributed by atoms with Gasteiger partial charge < -0.3 is 19.2 Å². The number of carbonyl (C=O) groups is 2. The van der Waals surface area contributed by atoms with Crippen molar-refractivity contribution in [3.63, 3.8) is 0 Å². The van der Waals surface area contributed by atoms with Crippen LogP contribution in [0.4, 0.5) is 4.79 Å². The topological polar surface area (TPSA) is 55.8 Å². The van der Waals surface area contributed by atoms with Gasteiger partial charge in [-0.15, -0.1) is 0 Å². The van der Waals surface area contributed by atoms with Crippen molar-refractivity contribution < 1.29 is 19.1 Å². The Labute approximate surface area is 95.7 Å². The maximum Gasteiger partial charge on any atom is 0.410 e. The van der Waals surface area contributed by atoms with Gasteiger partial charge in [-0.3, -0.25) is 0 Å². The van der Waals surface area contributed by atoms with E-state index in [1.165, 1.54) is 4.90 Å². The molecule has 0 N–H and O–H groups in total. The molecule has 1 unspecified atom stereocenters. The molecule has 0 aromatic carbocycles. The van der Waals surface area contributed by atoms with Crippen LogP contribution in [0.2, 0.25) is 0 Å². The summed E-state index contributed by atoms with van der Waals surface area (Å²) in [5, 5.41) is 0. The molecule has 0 radical (unpaired) electrons. The van der Waals surface area contributed by atoms with Gasteiger partial charge in [-0.2, -0.15) is 0 Å². The van der Waals surface area contributed by atoms with Crippen molar-refractivity contribution in [1.29, 1.82) is 0 Å². The molecule has 1 rings (SSSR count). The van der Waals surface area contributed by atoms with E-state index in [0.717, 1.165) is 12.7 Å². The van der Waals surface area contributed by atoms with Gasteiger partial charge in [-0.25, -0.2) is 4.79 Å². The summed E-state index contributed by atoms with van der Waals surface area (Å²) in [6.07, 6.45) is 0.534. The SMILES string of the molecule is CC(C)(C)OC(=O)N1CCCOC(C=O)C1. The first kappa shape index (κ1) is 13.0. The van der Waals surface area contributed by atoms with Crippen LogP contribution < -0.4 is 0 Å². The fourth-order valence-corrected chi connectivity index (χ4v) is 1.43. The Kier molecular flexibility index (Phi) is 4.29. The van der Waals surface area contributed by atoms with Crippen LogP contribution in [0.15, 0.2) is 0 Å². The molecule has 0 aliphatic carbocycles. The summed E-state index contributed by atoms with van der Waals surface area (Å²) in [4.78, 5) is 23.9. The highest BCUT2D eigenvalue weighted by atomic mass is 16.6. The van der Waals surface area contributed by atoms with Crippen LogP contribution in [0.25, 0.3) is 0 Å². The van der Waals surface area contributed by atoms with Crippen molar-refractivity contribution in [3.05, 3.63) is 0 Å². The lowest BCUT2D eigenvalue weighted by atomic mass is 10.2. The molecule has 0 aromatic heterocycles. The molecule has 1 amide bonds. The van der Waals surface area contributed by atoms with Gasteiger partial charge in [0, 0.05) is 13.2 Å². The fraction of sp³-hybridized carbons (Fsp3) is 0.818. The maximum atomic E-state index is 11.8. The van der Waals surface area contributed by atoms with E-state index in [2.05, 4.69) is 0 Å². The minimum Gasteiger partial charge on any atom is -0.444 e. The normalized spacial score (nSPS) is 22.4. The number of ether oxygens (including phenoxy) is 2. The summed E-state index contributed by atoms with van der Waals surface area (Å²) in [5.41, 5.74) is -0.513. The molecule has 1 fully saturated rings. The summed E-state index contributed by atoms with van der Waals surface area (Å²) in [6, 6.07) is 0. The number of hydrogen-bond donors (Lipinski definition) is 0. The molecule has 1 aliphatic rings. The zero-order chi connectivity index (χ0) is 12.2. The Bertz CT molecular complexity index is 259. The molecule has 1 atom stereocenters. The summed E-state index contributed by atoms with van der Waals surface area (Å²) in [6.45, 7) is 6.80. The van der Waals surface area contributed by atoms with E-state index >= 15 is 0 Å². The van der Waals surface area contributed by atoms with Gasteiger partial charge in [0.1, 0.15) is 11.7 Å². The second-order valence-corrected chi connectivity index (χ2v) is 4.83. The summed E-state index contributed by atoms with van der Waals surface area (Å²) in [5.74, 6) is 0. The van der Waals surface area contributed by atoms with Gasteiger partial charge in [0.25, 0.3) is 0 Å². The second-order valence-electron chi connectivity index (χ2n) is 4.83. The molecular formula is C11H19NO4. The van der Waals surface area contributed by atoms with Gasteiger partial charge >= 0.3 is 6.09 Å². The van der Waals surface area contributed by atoms with Crippen LogP contribution in [0, 0.1) is 0 Å². The number of aldehydes is 1. The van der Waals surface area contributed by atoms with E-state index in [1.54, 1.807) is 0 Å². The lowest BCUT2D eigenvalue weighted by molar-refractivity contribution is -0.117. The van der Waals surface area contributed by atoms with Crippen molar-refractivity contribution in [1.82, 2.24) is 4.90 Å². The molecule has 0 saturated carbocycles. The number of carbonyl (C=O) groups excluding carboxylic acids is 2. The molecule has 92 valence electrons. The van der Waals surface area contributed by atoms with Gasteiger partial charge in [-0.05, 0) is 27.2 Å². The Balaban J connectivity index is 2.56. The zero-order valence-corrected chi connectivity index (χ0v) is 10.1. The Hall–Kier alpha value is -1.10. The first-order chi connectivity index (χ1) is 7.42. The molecule has 5 nitrogen and oxygen atoms in total. The lowest BCUT2D eigenvalue weighted by Crippen LogP contribution is -2.40. The third-order valence-corrected chi connectivity index (χ3v) is 2.11. The molecule has 5 heteroatoms.